The summed E-state index contributed by atoms with van der Waals surface area (Å²) >= 11 is 1.48. The minimum atomic E-state index is -0.335. The summed E-state index contributed by atoms with van der Waals surface area (Å²) in [7, 11) is 0. The average Bonchev–Trinajstić information content (AvgIpc) is 2.80. The van der Waals surface area contributed by atoms with Crippen LogP contribution in [0.15, 0.2) is 4.79 Å². The molecule has 0 aromatic carbocycles. The summed E-state index contributed by atoms with van der Waals surface area (Å²) < 4.78 is 4.78. The van der Waals surface area contributed by atoms with Crippen molar-refractivity contribution in [2.75, 3.05) is 13.2 Å². The van der Waals surface area contributed by atoms with Gasteiger partial charge < -0.3 is 15.0 Å². The lowest BCUT2D eigenvalue weighted by Crippen LogP contribution is -2.27. The Hall–Kier alpha value is -2.22. The largest absolute Gasteiger partial charge is 0.466 e. The van der Waals surface area contributed by atoms with Crippen LogP contribution in [0, 0.1) is 13.8 Å². The van der Waals surface area contributed by atoms with E-state index < -0.39 is 0 Å². The van der Waals surface area contributed by atoms with E-state index >= 15 is 0 Å². The van der Waals surface area contributed by atoms with E-state index in [0.717, 1.165) is 10.4 Å². The number of ether oxygens (including phenoxy) is 1. The van der Waals surface area contributed by atoms with Crippen molar-refractivity contribution in [3.63, 3.8) is 0 Å². The maximum absolute atomic E-state index is 12.1. The predicted molar refractivity (Wildman–Crippen MR) is 92.3 cm³/mol. The van der Waals surface area contributed by atoms with Gasteiger partial charge in [0, 0.05) is 24.3 Å². The first-order valence-corrected chi connectivity index (χ1v) is 8.65. The summed E-state index contributed by atoms with van der Waals surface area (Å²) in [4.78, 5) is 44.0. The minimum Gasteiger partial charge on any atom is -0.466 e. The Kier molecular flexibility index (Phi) is 6.08. The van der Waals surface area contributed by atoms with Crippen LogP contribution in [0.5, 0.6) is 0 Å². The maximum Gasteiger partial charge on any atom is 0.307 e. The number of aromatic nitrogens is 2. The molecule has 0 saturated heterocycles. The van der Waals surface area contributed by atoms with E-state index in [1.54, 1.807) is 6.92 Å². The average molecular weight is 351 g/mol. The second-order valence-corrected chi connectivity index (χ2v) is 6.58. The number of hydrogen-bond donors (Lipinski definition) is 2. The van der Waals surface area contributed by atoms with Gasteiger partial charge in [0.15, 0.2) is 0 Å². The highest BCUT2D eigenvalue weighted by atomic mass is 32.1. The highest BCUT2D eigenvalue weighted by molar-refractivity contribution is 7.18. The third kappa shape index (κ3) is 4.41. The summed E-state index contributed by atoms with van der Waals surface area (Å²) in [6, 6.07) is 0. The van der Waals surface area contributed by atoms with Gasteiger partial charge in [-0.05, 0) is 26.3 Å². The summed E-state index contributed by atoms with van der Waals surface area (Å²) in [5.41, 5.74) is 0.784. The molecule has 0 bridgehead atoms. The van der Waals surface area contributed by atoms with Gasteiger partial charge in [0.05, 0.1) is 18.4 Å². The van der Waals surface area contributed by atoms with Crippen molar-refractivity contribution in [3.05, 3.63) is 26.6 Å². The number of thiophene rings is 1. The minimum absolute atomic E-state index is 0.147. The van der Waals surface area contributed by atoms with Gasteiger partial charge in [0.1, 0.15) is 10.7 Å². The zero-order valence-electron chi connectivity index (χ0n) is 14.0. The normalized spacial score (nSPS) is 10.8. The molecule has 2 aromatic heterocycles. The molecule has 0 unspecified atom stereocenters. The monoisotopic (exact) mass is 351 g/mol. The molecule has 0 saturated carbocycles. The Morgan fingerprint density at radius 2 is 2.04 bits per heavy atom. The molecular formula is C16H21N3O4S. The van der Waals surface area contributed by atoms with Gasteiger partial charge in [-0.15, -0.1) is 11.3 Å². The first kappa shape index (κ1) is 18.1. The van der Waals surface area contributed by atoms with E-state index in [-0.39, 0.29) is 36.8 Å². The van der Waals surface area contributed by atoms with Crippen LogP contribution in [0.25, 0.3) is 10.2 Å². The van der Waals surface area contributed by atoms with Crippen LogP contribution in [0.2, 0.25) is 0 Å². The quantitative estimate of drug-likeness (QED) is 0.738. The van der Waals surface area contributed by atoms with Crippen LogP contribution in [-0.4, -0.2) is 35.0 Å². The third-order valence-electron chi connectivity index (χ3n) is 3.63. The fourth-order valence-corrected chi connectivity index (χ4v) is 3.32. The Labute approximate surface area is 143 Å². The molecule has 2 heterocycles. The van der Waals surface area contributed by atoms with E-state index in [9.17, 15) is 14.4 Å². The standard InChI is InChI=1S/C16H21N3O4S/c1-4-23-13(21)7-8-17-12(20)6-5-11-18-15(22)14-9(2)10(3)24-16(14)19-11/h4-8H2,1-3H3,(H,17,20)(H,18,19,22). The van der Waals surface area contributed by atoms with Crippen molar-refractivity contribution < 1.29 is 14.3 Å². The Morgan fingerprint density at radius 1 is 1.29 bits per heavy atom. The second-order valence-electron chi connectivity index (χ2n) is 5.38. The van der Waals surface area contributed by atoms with Crippen molar-refractivity contribution in [1.82, 2.24) is 15.3 Å². The van der Waals surface area contributed by atoms with Crippen molar-refractivity contribution in [3.8, 4) is 0 Å². The lowest BCUT2D eigenvalue weighted by atomic mass is 10.2. The molecule has 0 aliphatic heterocycles. The van der Waals surface area contributed by atoms with E-state index in [4.69, 9.17) is 4.74 Å². The maximum atomic E-state index is 12.1. The SMILES string of the molecule is CCOC(=O)CCNC(=O)CCc1nc2sc(C)c(C)c2c(=O)[nH]1. The van der Waals surface area contributed by atoms with E-state index in [1.165, 1.54) is 11.3 Å². The summed E-state index contributed by atoms with van der Waals surface area (Å²) in [6.45, 7) is 6.16. The molecule has 0 radical (unpaired) electrons. The van der Waals surface area contributed by atoms with Crippen molar-refractivity contribution in [1.29, 1.82) is 0 Å². The number of nitrogens with zero attached hydrogens (tertiary/aromatic N) is 1. The van der Waals surface area contributed by atoms with Crippen LogP contribution in [0.4, 0.5) is 0 Å². The number of amides is 1. The van der Waals surface area contributed by atoms with E-state index in [2.05, 4.69) is 15.3 Å². The number of carbonyl (C=O) groups is 2. The molecular weight excluding hydrogens is 330 g/mol. The molecule has 0 fully saturated rings. The fourth-order valence-electron chi connectivity index (χ4n) is 2.28. The first-order chi connectivity index (χ1) is 11.4. The van der Waals surface area contributed by atoms with Crippen LogP contribution < -0.4 is 10.9 Å². The van der Waals surface area contributed by atoms with Gasteiger partial charge in [0.2, 0.25) is 5.91 Å². The topological polar surface area (TPSA) is 101 Å². The van der Waals surface area contributed by atoms with Gasteiger partial charge in [-0.2, -0.15) is 0 Å². The van der Waals surface area contributed by atoms with Gasteiger partial charge in [-0.3, -0.25) is 14.4 Å². The summed E-state index contributed by atoms with van der Waals surface area (Å²) in [6.07, 6.45) is 0.682. The van der Waals surface area contributed by atoms with Gasteiger partial charge in [-0.25, -0.2) is 4.98 Å². The van der Waals surface area contributed by atoms with Gasteiger partial charge in [0.25, 0.3) is 5.56 Å². The molecule has 0 atom stereocenters. The number of H-pyrrole nitrogens is 1. The van der Waals surface area contributed by atoms with Crippen molar-refractivity contribution in [2.24, 2.45) is 0 Å². The summed E-state index contributed by atoms with van der Waals surface area (Å²) in [5.74, 6) is -0.0347. The number of hydrogen-bond acceptors (Lipinski definition) is 6. The van der Waals surface area contributed by atoms with Gasteiger partial charge >= 0.3 is 5.97 Å². The zero-order chi connectivity index (χ0) is 17.7. The van der Waals surface area contributed by atoms with Crippen LogP contribution >= 0.6 is 11.3 Å². The molecule has 7 nitrogen and oxygen atoms in total. The highest BCUT2D eigenvalue weighted by Gasteiger charge is 2.12. The second kappa shape index (κ2) is 8.05. The molecule has 2 N–H and O–H groups in total. The Morgan fingerprint density at radius 3 is 2.75 bits per heavy atom. The molecule has 0 aliphatic carbocycles. The number of rotatable bonds is 7. The number of carbonyl (C=O) groups excluding carboxylic acids is 2. The molecule has 0 aliphatic rings. The van der Waals surface area contributed by atoms with Gasteiger partial charge in [-0.1, -0.05) is 0 Å². The molecule has 1 amide bonds. The lowest BCUT2D eigenvalue weighted by molar-refractivity contribution is -0.143. The first-order valence-electron chi connectivity index (χ1n) is 7.83. The number of aryl methyl sites for hydroxylation is 3. The summed E-state index contributed by atoms with van der Waals surface area (Å²) in [5, 5.41) is 3.28. The highest BCUT2D eigenvalue weighted by Crippen LogP contribution is 2.25. The zero-order valence-corrected chi connectivity index (χ0v) is 14.8. The fraction of sp³-hybridized carbons (Fsp3) is 0.500. The third-order valence-corrected chi connectivity index (χ3v) is 4.73. The number of nitrogens with one attached hydrogen (secondary N) is 2. The Balaban J connectivity index is 1.90. The van der Waals surface area contributed by atoms with Crippen LogP contribution in [0.1, 0.15) is 36.0 Å². The molecule has 24 heavy (non-hydrogen) atoms. The predicted octanol–water partition coefficient (Wildman–Crippen LogP) is 1.60. The number of aromatic amines is 1. The molecule has 0 spiro atoms. The number of fused-ring (bicyclic) bond motifs is 1. The Bertz CT molecular complexity index is 809. The molecule has 2 aromatic rings. The van der Waals surface area contributed by atoms with Crippen molar-refractivity contribution >= 4 is 33.4 Å². The molecule has 130 valence electrons. The lowest BCUT2D eigenvalue weighted by Gasteiger charge is -2.05. The smallest absolute Gasteiger partial charge is 0.307 e. The van der Waals surface area contributed by atoms with E-state index in [0.29, 0.717) is 29.1 Å². The van der Waals surface area contributed by atoms with E-state index in [1.807, 2.05) is 13.8 Å². The molecule has 2 rings (SSSR count). The molecule has 8 heteroatoms. The van der Waals surface area contributed by atoms with Crippen LogP contribution in [-0.2, 0) is 20.7 Å². The number of esters is 1. The van der Waals surface area contributed by atoms with Crippen LogP contribution in [0.3, 0.4) is 0 Å². The van der Waals surface area contributed by atoms with Crippen molar-refractivity contribution in [2.45, 2.75) is 40.0 Å².